The molecule has 2 rings (SSSR count). The van der Waals surface area contributed by atoms with Crippen LogP contribution in [0, 0.1) is 17.8 Å². The normalized spacial score (nSPS) is 31.7. The number of hydrogen-bond acceptors (Lipinski definition) is 2. The molecular formula is C14H28N2. The quantitative estimate of drug-likeness (QED) is 0.777. The molecule has 2 heteroatoms. The highest BCUT2D eigenvalue weighted by Gasteiger charge is 2.23. The van der Waals surface area contributed by atoms with Gasteiger partial charge in [-0.25, -0.2) is 0 Å². The van der Waals surface area contributed by atoms with Crippen LogP contribution in [0.5, 0.6) is 0 Å². The average molecular weight is 224 g/mol. The second-order valence-corrected chi connectivity index (χ2v) is 6.14. The van der Waals surface area contributed by atoms with Crippen molar-refractivity contribution in [3.8, 4) is 0 Å². The van der Waals surface area contributed by atoms with Crippen molar-refractivity contribution < 1.29 is 0 Å². The van der Waals surface area contributed by atoms with Gasteiger partial charge in [-0.15, -0.1) is 0 Å². The summed E-state index contributed by atoms with van der Waals surface area (Å²) in [5.74, 6) is 2.80. The van der Waals surface area contributed by atoms with Gasteiger partial charge < -0.3 is 10.6 Å². The van der Waals surface area contributed by atoms with Crippen molar-refractivity contribution in [1.29, 1.82) is 0 Å². The van der Waals surface area contributed by atoms with Gasteiger partial charge in [0, 0.05) is 13.1 Å². The molecule has 0 spiro atoms. The molecule has 0 atom stereocenters. The molecule has 2 aliphatic rings. The van der Waals surface area contributed by atoms with Crippen LogP contribution in [-0.2, 0) is 0 Å². The lowest BCUT2D eigenvalue weighted by Crippen LogP contribution is -2.34. The van der Waals surface area contributed by atoms with Gasteiger partial charge in [-0.3, -0.25) is 0 Å². The van der Waals surface area contributed by atoms with E-state index >= 15 is 0 Å². The fraction of sp³-hybridized carbons (Fsp3) is 1.00. The van der Waals surface area contributed by atoms with Crippen molar-refractivity contribution in [2.24, 2.45) is 23.5 Å². The molecule has 0 saturated heterocycles. The summed E-state index contributed by atoms with van der Waals surface area (Å²) in [6.45, 7) is 3.58. The molecule has 0 amide bonds. The van der Waals surface area contributed by atoms with Gasteiger partial charge in [0.05, 0.1) is 0 Å². The first-order valence-corrected chi connectivity index (χ1v) is 7.16. The van der Waals surface area contributed by atoms with Gasteiger partial charge in [0.15, 0.2) is 0 Å². The van der Waals surface area contributed by atoms with E-state index in [0.717, 1.165) is 24.3 Å². The summed E-state index contributed by atoms with van der Waals surface area (Å²) in [4.78, 5) is 2.58. The minimum atomic E-state index is 0.827. The highest BCUT2D eigenvalue weighted by atomic mass is 15.1. The lowest BCUT2D eigenvalue weighted by atomic mass is 9.81. The second kappa shape index (κ2) is 6.02. The van der Waals surface area contributed by atoms with E-state index in [0.29, 0.717) is 0 Å². The van der Waals surface area contributed by atoms with Crippen LogP contribution in [-0.4, -0.2) is 31.6 Å². The summed E-state index contributed by atoms with van der Waals surface area (Å²) >= 11 is 0. The van der Waals surface area contributed by atoms with E-state index in [4.69, 9.17) is 5.73 Å². The summed E-state index contributed by atoms with van der Waals surface area (Å²) in [6, 6.07) is 0. The molecule has 0 aromatic carbocycles. The van der Waals surface area contributed by atoms with Gasteiger partial charge in [0.2, 0.25) is 0 Å². The van der Waals surface area contributed by atoms with Crippen LogP contribution in [0.15, 0.2) is 0 Å². The van der Waals surface area contributed by atoms with Gasteiger partial charge >= 0.3 is 0 Å². The highest BCUT2D eigenvalue weighted by Crippen LogP contribution is 2.30. The van der Waals surface area contributed by atoms with Crippen molar-refractivity contribution in [2.45, 2.75) is 44.9 Å². The first-order chi connectivity index (χ1) is 7.78. The van der Waals surface area contributed by atoms with E-state index in [1.807, 2.05) is 0 Å². The molecule has 0 heterocycles. The molecule has 0 aliphatic heterocycles. The fourth-order valence-electron chi connectivity index (χ4n) is 3.28. The van der Waals surface area contributed by atoms with Crippen molar-refractivity contribution in [3.05, 3.63) is 0 Å². The molecule has 0 aromatic rings. The smallest absolute Gasteiger partial charge is 0.000673 e. The summed E-state index contributed by atoms with van der Waals surface area (Å²) in [6.07, 6.45) is 10.00. The molecule has 0 radical (unpaired) electrons. The van der Waals surface area contributed by atoms with Crippen molar-refractivity contribution in [1.82, 2.24) is 4.90 Å². The van der Waals surface area contributed by atoms with E-state index in [1.54, 1.807) is 0 Å². The third-order valence-corrected chi connectivity index (χ3v) is 4.66. The molecule has 2 N–H and O–H groups in total. The Balaban J connectivity index is 1.61. The van der Waals surface area contributed by atoms with Crippen LogP contribution in [0.25, 0.3) is 0 Å². The molecule has 2 aliphatic carbocycles. The Bertz CT molecular complexity index is 193. The number of hydrogen-bond donors (Lipinski definition) is 1. The van der Waals surface area contributed by atoms with E-state index in [1.165, 1.54) is 58.0 Å². The average Bonchev–Trinajstić information content (AvgIpc) is 2.25. The molecule has 16 heavy (non-hydrogen) atoms. The molecule has 2 fully saturated rings. The Morgan fingerprint density at radius 1 is 0.875 bits per heavy atom. The Morgan fingerprint density at radius 3 is 1.81 bits per heavy atom. The molecule has 2 saturated carbocycles. The van der Waals surface area contributed by atoms with Gasteiger partial charge in [-0.2, -0.15) is 0 Å². The monoisotopic (exact) mass is 224 g/mol. The predicted octanol–water partition coefficient (Wildman–Crippen LogP) is 2.48. The maximum Gasteiger partial charge on any atom is 0.000673 e. The predicted molar refractivity (Wildman–Crippen MR) is 69.3 cm³/mol. The summed E-state index contributed by atoms with van der Waals surface area (Å²) in [5, 5.41) is 0. The minimum absolute atomic E-state index is 0.827. The van der Waals surface area contributed by atoms with Crippen molar-refractivity contribution in [3.63, 3.8) is 0 Å². The van der Waals surface area contributed by atoms with Crippen molar-refractivity contribution in [2.75, 3.05) is 26.7 Å². The molecule has 94 valence electrons. The van der Waals surface area contributed by atoms with Gasteiger partial charge in [0.1, 0.15) is 0 Å². The van der Waals surface area contributed by atoms with E-state index < -0.39 is 0 Å². The van der Waals surface area contributed by atoms with E-state index in [-0.39, 0.29) is 0 Å². The Hall–Kier alpha value is -0.0800. The Morgan fingerprint density at radius 2 is 1.38 bits per heavy atom. The van der Waals surface area contributed by atoms with E-state index in [9.17, 15) is 0 Å². The molecular weight excluding hydrogens is 196 g/mol. The summed E-state index contributed by atoms with van der Waals surface area (Å²) in [5.41, 5.74) is 5.73. The topological polar surface area (TPSA) is 29.3 Å². The maximum atomic E-state index is 5.73. The SMILES string of the molecule is CN(CC1CCC1)CC1CCC(CN)CC1. The zero-order valence-electron chi connectivity index (χ0n) is 10.8. The van der Waals surface area contributed by atoms with Gasteiger partial charge in [0.25, 0.3) is 0 Å². The lowest BCUT2D eigenvalue weighted by molar-refractivity contribution is 0.160. The highest BCUT2D eigenvalue weighted by molar-refractivity contribution is 4.77. The first kappa shape index (κ1) is 12.4. The lowest BCUT2D eigenvalue weighted by Gasteiger charge is -2.34. The summed E-state index contributed by atoms with van der Waals surface area (Å²) in [7, 11) is 2.31. The van der Waals surface area contributed by atoms with Crippen LogP contribution in [0.2, 0.25) is 0 Å². The van der Waals surface area contributed by atoms with Gasteiger partial charge in [-0.1, -0.05) is 6.42 Å². The molecule has 0 bridgehead atoms. The van der Waals surface area contributed by atoms with Crippen LogP contribution < -0.4 is 5.73 Å². The second-order valence-electron chi connectivity index (χ2n) is 6.14. The zero-order valence-corrected chi connectivity index (χ0v) is 10.8. The fourth-order valence-corrected chi connectivity index (χ4v) is 3.28. The first-order valence-electron chi connectivity index (χ1n) is 7.16. The number of nitrogens with two attached hydrogens (primary N) is 1. The van der Waals surface area contributed by atoms with Crippen molar-refractivity contribution >= 4 is 0 Å². The summed E-state index contributed by atoms with van der Waals surface area (Å²) < 4.78 is 0. The molecule has 2 nitrogen and oxygen atoms in total. The standard InChI is InChI=1S/C14H28N2/c1-16(10-13-3-2-4-13)11-14-7-5-12(9-15)6-8-14/h12-14H,2-11,15H2,1H3. The minimum Gasteiger partial charge on any atom is -0.330 e. The van der Waals surface area contributed by atoms with Crippen LogP contribution in [0.1, 0.15) is 44.9 Å². The van der Waals surface area contributed by atoms with Gasteiger partial charge in [-0.05, 0) is 69.9 Å². The Labute approximate surface area is 101 Å². The maximum absolute atomic E-state index is 5.73. The van der Waals surface area contributed by atoms with Crippen LogP contribution >= 0.6 is 0 Å². The largest absolute Gasteiger partial charge is 0.330 e. The number of rotatable bonds is 5. The molecule has 0 unspecified atom stereocenters. The zero-order chi connectivity index (χ0) is 11.4. The molecule has 0 aromatic heterocycles. The third kappa shape index (κ3) is 3.46. The van der Waals surface area contributed by atoms with Crippen LogP contribution in [0.3, 0.4) is 0 Å². The number of nitrogens with zero attached hydrogens (tertiary/aromatic N) is 1. The van der Waals surface area contributed by atoms with Crippen LogP contribution in [0.4, 0.5) is 0 Å². The third-order valence-electron chi connectivity index (χ3n) is 4.66. The Kier molecular flexibility index (Phi) is 4.66. The van der Waals surface area contributed by atoms with E-state index in [2.05, 4.69) is 11.9 Å².